The van der Waals surface area contributed by atoms with Crippen molar-refractivity contribution < 1.29 is 4.79 Å². The number of amides is 1. The van der Waals surface area contributed by atoms with Crippen LogP contribution in [0.3, 0.4) is 0 Å². The summed E-state index contributed by atoms with van der Waals surface area (Å²) < 4.78 is 1.74. The molecule has 112 valence electrons. The molecule has 0 radical (unpaired) electrons. The van der Waals surface area contributed by atoms with Gasteiger partial charge in [-0.3, -0.25) is 9.48 Å². The Bertz CT molecular complexity index is 606. The van der Waals surface area contributed by atoms with Gasteiger partial charge in [0.15, 0.2) is 0 Å². The van der Waals surface area contributed by atoms with Crippen LogP contribution in [-0.2, 0) is 13.6 Å². The quantitative estimate of drug-likeness (QED) is 0.887. The van der Waals surface area contributed by atoms with E-state index < -0.39 is 0 Å². The first-order chi connectivity index (χ1) is 10.1. The van der Waals surface area contributed by atoms with Crippen molar-refractivity contribution in [3.8, 4) is 0 Å². The number of carbonyl (C=O) groups is 1. The molecule has 0 saturated carbocycles. The molecule has 0 atom stereocenters. The average molecular weight is 286 g/mol. The van der Waals surface area contributed by atoms with E-state index in [4.69, 9.17) is 0 Å². The van der Waals surface area contributed by atoms with Gasteiger partial charge < -0.3 is 10.2 Å². The zero-order valence-corrected chi connectivity index (χ0v) is 12.8. The highest BCUT2D eigenvalue weighted by molar-refractivity contribution is 5.99. The van der Waals surface area contributed by atoms with Gasteiger partial charge in [-0.05, 0) is 18.6 Å². The van der Waals surface area contributed by atoms with E-state index in [1.165, 1.54) is 0 Å². The maximum Gasteiger partial charge on any atom is 0.255 e. The number of nitrogens with one attached hydrogen (secondary N) is 1. The second kappa shape index (κ2) is 6.92. The molecule has 0 aliphatic carbocycles. The summed E-state index contributed by atoms with van der Waals surface area (Å²) in [4.78, 5) is 14.3. The Labute approximate surface area is 125 Å². The molecule has 1 N–H and O–H groups in total. The average Bonchev–Trinajstić information content (AvgIpc) is 2.89. The summed E-state index contributed by atoms with van der Waals surface area (Å²) in [5, 5.41) is 7.43. The van der Waals surface area contributed by atoms with Crippen molar-refractivity contribution in [3.63, 3.8) is 0 Å². The third-order valence-electron chi connectivity index (χ3n) is 3.25. The molecule has 5 nitrogen and oxygen atoms in total. The van der Waals surface area contributed by atoms with Crippen LogP contribution in [0.15, 0.2) is 36.7 Å². The SMILES string of the molecule is CCCNc1ccccc1C(=O)N(C)Cc1cnn(C)c1. The first-order valence-electron chi connectivity index (χ1n) is 7.17. The second-order valence-electron chi connectivity index (χ2n) is 5.16. The van der Waals surface area contributed by atoms with Crippen molar-refractivity contribution in [2.45, 2.75) is 19.9 Å². The third-order valence-corrected chi connectivity index (χ3v) is 3.25. The van der Waals surface area contributed by atoms with Crippen molar-refractivity contribution in [2.24, 2.45) is 7.05 Å². The van der Waals surface area contributed by atoms with Crippen LogP contribution in [0.1, 0.15) is 29.3 Å². The summed E-state index contributed by atoms with van der Waals surface area (Å²) in [5.74, 6) is 0.0121. The van der Waals surface area contributed by atoms with Crippen LogP contribution in [0.4, 0.5) is 5.69 Å². The lowest BCUT2D eigenvalue weighted by atomic mass is 10.1. The fourth-order valence-electron chi connectivity index (χ4n) is 2.19. The Balaban J connectivity index is 2.11. The van der Waals surface area contributed by atoms with E-state index in [0.717, 1.165) is 24.2 Å². The number of carbonyl (C=O) groups excluding carboxylic acids is 1. The van der Waals surface area contributed by atoms with Crippen molar-refractivity contribution >= 4 is 11.6 Å². The first kappa shape index (κ1) is 15.1. The van der Waals surface area contributed by atoms with Crippen molar-refractivity contribution in [2.75, 3.05) is 18.9 Å². The lowest BCUT2D eigenvalue weighted by Gasteiger charge is -2.19. The number of hydrogen-bond acceptors (Lipinski definition) is 3. The maximum absolute atomic E-state index is 12.6. The van der Waals surface area contributed by atoms with E-state index in [-0.39, 0.29) is 5.91 Å². The molecule has 0 unspecified atom stereocenters. The van der Waals surface area contributed by atoms with Crippen LogP contribution in [0.2, 0.25) is 0 Å². The van der Waals surface area contributed by atoms with Crippen molar-refractivity contribution in [3.05, 3.63) is 47.8 Å². The molecule has 1 aromatic carbocycles. The Hall–Kier alpha value is -2.30. The molecule has 1 heterocycles. The molecule has 1 amide bonds. The van der Waals surface area contributed by atoms with E-state index >= 15 is 0 Å². The monoisotopic (exact) mass is 286 g/mol. The van der Waals surface area contributed by atoms with Gasteiger partial charge >= 0.3 is 0 Å². The highest BCUT2D eigenvalue weighted by Crippen LogP contribution is 2.17. The van der Waals surface area contributed by atoms with Gasteiger partial charge in [-0.15, -0.1) is 0 Å². The number of aromatic nitrogens is 2. The van der Waals surface area contributed by atoms with Crippen LogP contribution in [0, 0.1) is 0 Å². The number of aryl methyl sites for hydroxylation is 1. The topological polar surface area (TPSA) is 50.2 Å². The van der Waals surface area contributed by atoms with Gasteiger partial charge in [-0.2, -0.15) is 5.10 Å². The molecule has 5 heteroatoms. The second-order valence-corrected chi connectivity index (χ2v) is 5.16. The van der Waals surface area contributed by atoms with Gasteiger partial charge in [0.1, 0.15) is 0 Å². The molecule has 21 heavy (non-hydrogen) atoms. The molecular formula is C16H22N4O. The van der Waals surface area contributed by atoms with E-state index in [9.17, 15) is 4.79 Å². The number of hydrogen-bond donors (Lipinski definition) is 1. The van der Waals surface area contributed by atoms with Gasteiger partial charge in [-0.1, -0.05) is 19.1 Å². The first-order valence-corrected chi connectivity index (χ1v) is 7.17. The van der Waals surface area contributed by atoms with Gasteiger partial charge in [-0.25, -0.2) is 0 Å². The van der Waals surface area contributed by atoms with E-state index in [2.05, 4.69) is 17.3 Å². The highest BCUT2D eigenvalue weighted by Gasteiger charge is 2.16. The Morgan fingerprint density at radius 3 is 2.81 bits per heavy atom. The summed E-state index contributed by atoms with van der Waals surface area (Å²) in [6.07, 6.45) is 4.73. The van der Waals surface area contributed by atoms with Gasteiger partial charge in [0.25, 0.3) is 5.91 Å². The van der Waals surface area contributed by atoms with Crippen LogP contribution < -0.4 is 5.32 Å². The standard InChI is InChI=1S/C16H22N4O/c1-4-9-17-15-8-6-5-7-14(15)16(21)19(2)11-13-10-18-20(3)12-13/h5-8,10,12,17H,4,9,11H2,1-3H3. The molecule has 1 aromatic heterocycles. The number of para-hydroxylation sites is 1. The zero-order valence-electron chi connectivity index (χ0n) is 12.8. The lowest BCUT2D eigenvalue weighted by Crippen LogP contribution is -2.27. The normalized spacial score (nSPS) is 10.4. The summed E-state index contributed by atoms with van der Waals surface area (Å²) in [5.41, 5.74) is 2.62. The largest absolute Gasteiger partial charge is 0.384 e. The minimum absolute atomic E-state index is 0.0121. The maximum atomic E-state index is 12.6. The number of benzene rings is 1. The Kier molecular flexibility index (Phi) is 4.98. The predicted octanol–water partition coefficient (Wildman–Crippen LogP) is 2.51. The summed E-state index contributed by atoms with van der Waals surface area (Å²) in [6.45, 7) is 3.51. The van der Waals surface area contributed by atoms with Crippen molar-refractivity contribution in [1.82, 2.24) is 14.7 Å². The summed E-state index contributed by atoms with van der Waals surface area (Å²) in [6, 6.07) is 7.64. The predicted molar refractivity (Wildman–Crippen MR) is 84.2 cm³/mol. The highest BCUT2D eigenvalue weighted by atomic mass is 16.2. The minimum atomic E-state index is 0.0121. The van der Waals surface area contributed by atoms with Gasteiger partial charge in [0, 0.05) is 44.6 Å². The number of nitrogens with zero attached hydrogens (tertiary/aromatic N) is 3. The van der Waals surface area contributed by atoms with Crippen LogP contribution in [0.25, 0.3) is 0 Å². The molecule has 0 spiro atoms. The molecule has 2 aromatic rings. The molecule has 0 saturated heterocycles. The van der Waals surface area contributed by atoms with E-state index in [0.29, 0.717) is 12.1 Å². The fraction of sp³-hybridized carbons (Fsp3) is 0.375. The number of anilines is 1. The summed E-state index contributed by atoms with van der Waals surface area (Å²) in [7, 11) is 3.68. The van der Waals surface area contributed by atoms with Gasteiger partial charge in [0.2, 0.25) is 0 Å². The fourth-order valence-corrected chi connectivity index (χ4v) is 2.19. The third kappa shape index (κ3) is 3.84. The number of rotatable bonds is 6. The van der Waals surface area contributed by atoms with Crippen molar-refractivity contribution in [1.29, 1.82) is 0 Å². The summed E-state index contributed by atoms with van der Waals surface area (Å²) >= 11 is 0. The minimum Gasteiger partial charge on any atom is -0.384 e. The van der Waals surface area contributed by atoms with Crippen LogP contribution in [0.5, 0.6) is 0 Å². The van der Waals surface area contributed by atoms with E-state index in [1.54, 1.807) is 15.8 Å². The molecular weight excluding hydrogens is 264 g/mol. The molecule has 0 aliphatic heterocycles. The smallest absolute Gasteiger partial charge is 0.255 e. The molecule has 0 fully saturated rings. The van der Waals surface area contributed by atoms with Crippen LogP contribution >= 0.6 is 0 Å². The molecule has 0 bridgehead atoms. The Morgan fingerprint density at radius 1 is 1.38 bits per heavy atom. The zero-order chi connectivity index (χ0) is 15.2. The van der Waals surface area contributed by atoms with E-state index in [1.807, 2.05) is 44.6 Å². The lowest BCUT2D eigenvalue weighted by molar-refractivity contribution is 0.0786. The van der Waals surface area contributed by atoms with Gasteiger partial charge in [0.05, 0.1) is 11.8 Å². The molecule has 0 aliphatic rings. The van der Waals surface area contributed by atoms with Crippen LogP contribution in [-0.4, -0.2) is 34.2 Å². The Morgan fingerprint density at radius 2 is 2.14 bits per heavy atom. The molecule has 2 rings (SSSR count).